The van der Waals surface area contributed by atoms with Gasteiger partial charge in [0.1, 0.15) is 24.1 Å². The van der Waals surface area contributed by atoms with Gasteiger partial charge >= 0.3 is 6.18 Å². The zero-order chi connectivity index (χ0) is 23.6. The number of hydrogen-bond acceptors (Lipinski definition) is 6. The molecule has 0 bridgehead atoms. The maximum Gasteiger partial charge on any atom is 0.419 e. The Morgan fingerprint density at radius 3 is 2.44 bits per heavy atom. The van der Waals surface area contributed by atoms with Crippen molar-refractivity contribution in [3.8, 4) is 16.9 Å². The van der Waals surface area contributed by atoms with Crippen molar-refractivity contribution < 1.29 is 47.1 Å². The van der Waals surface area contributed by atoms with Gasteiger partial charge in [-0.15, -0.1) is 0 Å². The molecule has 4 N–H and O–H groups in total. The number of carbonyl (C=O) groups is 1. The topological polar surface area (TPSA) is 108 Å². The first kappa shape index (κ1) is 23.9. The van der Waals surface area contributed by atoms with Gasteiger partial charge in [0.25, 0.3) is 5.91 Å². The van der Waals surface area contributed by atoms with E-state index in [4.69, 9.17) is 9.47 Å². The summed E-state index contributed by atoms with van der Waals surface area (Å²) in [4.78, 5) is 11.8. The molecule has 1 aliphatic rings. The predicted molar refractivity (Wildman–Crippen MR) is 104 cm³/mol. The molecule has 1 heterocycles. The third-order valence-corrected chi connectivity index (χ3v) is 5.02. The van der Waals surface area contributed by atoms with Crippen molar-refractivity contribution >= 4 is 5.91 Å². The van der Waals surface area contributed by atoms with Crippen LogP contribution in [0.25, 0.3) is 11.1 Å². The first-order valence-electron chi connectivity index (χ1n) is 9.53. The van der Waals surface area contributed by atoms with Crippen LogP contribution in [0, 0.1) is 0 Å². The molecule has 1 saturated heterocycles. The quantitative estimate of drug-likeness (QED) is 0.509. The van der Waals surface area contributed by atoms with Gasteiger partial charge in [0, 0.05) is 12.6 Å². The molecule has 32 heavy (non-hydrogen) atoms. The summed E-state index contributed by atoms with van der Waals surface area (Å²) >= 11 is 0. The fourth-order valence-electron chi connectivity index (χ4n) is 3.28. The lowest BCUT2D eigenvalue weighted by Crippen LogP contribution is -2.58. The monoisotopic (exact) mass is 459 g/mol. The van der Waals surface area contributed by atoms with Crippen LogP contribution in [0.4, 0.5) is 17.6 Å². The molecule has 174 valence electrons. The van der Waals surface area contributed by atoms with Crippen molar-refractivity contribution in [2.24, 2.45) is 0 Å². The Bertz CT molecular complexity index is 968. The Hall–Kier alpha value is -2.73. The van der Waals surface area contributed by atoms with E-state index in [2.05, 4.69) is 5.32 Å². The van der Waals surface area contributed by atoms with Gasteiger partial charge in [0.15, 0.2) is 6.17 Å². The molecule has 0 saturated carbocycles. The van der Waals surface area contributed by atoms with Crippen LogP contribution in [0.3, 0.4) is 0 Å². The molecule has 3 rings (SSSR count). The third-order valence-electron chi connectivity index (χ3n) is 5.02. The molecule has 2 aromatic carbocycles. The summed E-state index contributed by atoms with van der Waals surface area (Å²) in [6, 6.07) is 8.99. The van der Waals surface area contributed by atoms with Crippen LogP contribution in [-0.2, 0) is 10.9 Å². The third kappa shape index (κ3) is 4.85. The fraction of sp³-hybridized carbons (Fsp3) is 0.381. The van der Waals surface area contributed by atoms with Gasteiger partial charge in [0.2, 0.25) is 6.29 Å². The van der Waals surface area contributed by atoms with E-state index in [1.807, 2.05) is 0 Å². The standard InChI is InChI=1S/C21H21F4NO6/c1-26-19(30)12-4-2-3-10(7-12)11-5-6-14(13(8-11)21(23,24)25)31-20-16(22)18(29)17(28)15(9-27)32-20/h2-8,15-18,20,27-29H,9H2,1H3,(H,26,30)/t15-,16-,17-,18-,20+/m1/s1. The van der Waals surface area contributed by atoms with Crippen LogP contribution < -0.4 is 10.1 Å². The van der Waals surface area contributed by atoms with Gasteiger partial charge in [-0.05, 0) is 35.4 Å². The molecule has 5 atom stereocenters. The van der Waals surface area contributed by atoms with Crippen molar-refractivity contribution in [1.29, 1.82) is 0 Å². The van der Waals surface area contributed by atoms with Crippen molar-refractivity contribution in [3.05, 3.63) is 53.6 Å². The second-order valence-electron chi connectivity index (χ2n) is 7.14. The minimum Gasteiger partial charge on any atom is -0.461 e. The fourth-order valence-corrected chi connectivity index (χ4v) is 3.28. The highest BCUT2D eigenvalue weighted by Crippen LogP contribution is 2.40. The van der Waals surface area contributed by atoms with E-state index in [9.17, 15) is 37.7 Å². The number of hydrogen-bond donors (Lipinski definition) is 4. The minimum atomic E-state index is -4.89. The number of ether oxygens (including phenoxy) is 2. The van der Waals surface area contributed by atoms with Crippen LogP contribution in [-0.4, -0.2) is 65.7 Å². The molecule has 7 nitrogen and oxygen atoms in total. The SMILES string of the molecule is CNC(=O)c1cccc(-c2ccc(O[C@H]3O[C@H](CO)[C@@H](O)[C@H](O)[C@H]3F)c(C(F)(F)F)c2)c1. The molecular formula is C21H21F4NO6. The summed E-state index contributed by atoms with van der Waals surface area (Å²) in [7, 11) is 1.42. The smallest absolute Gasteiger partial charge is 0.419 e. The van der Waals surface area contributed by atoms with Crippen LogP contribution >= 0.6 is 0 Å². The summed E-state index contributed by atoms with van der Waals surface area (Å²) < 4.78 is 65.6. The highest BCUT2D eigenvalue weighted by molar-refractivity contribution is 5.95. The molecule has 0 radical (unpaired) electrons. The Labute approximate surface area is 180 Å². The largest absolute Gasteiger partial charge is 0.461 e. The number of benzene rings is 2. The summed E-state index contributed by atoms with van der Waals surface area (Å²) in [5.41, 5.74) is -0.533. The molecule has 0 unspecified atom stereocenters. The van der Waals surface area contributed by atoms with Crippen molar-refractivity contribution in [2.75, 3.05) is 13.7 Å². The van der Waals surface area contributed by atoms with Gasteiger partial charge in [-0.25, -0.2) is 4.39 Å². The summed E-state index contributed by atoms with van der Waals surface area (Å²) in [6.07, 6.45) is -14.5. The Morgan fingerprint density at radius 2 is 1.81 bits per heavy atom. The van der Waals surface area contributed by atoms with E-state index in [0.717, 1.165) is 12.1 Å². The summed E-state index contributed by atoms with van der Waals surface area (Å²) in [6.45, 7) is -0.808. The zero-order valence-electron chi connectivity index (χ0n) is 16.7. The lowest BCUT2D eigenvalue weighted by atomic mass is 9.99. The second kappa shape index (κ2) is 9.41. The Kier molecular flexibility index (Phi) is 7.03. The van der Waals surface area contributed by atoms with E-state index in [0.29, 0.717) is 5.56 Å². The molecule has 2 aromatic rings. The van der Waals surface area contributed by atoms with E-state index in [-0.39, 0.29) is 11.1 Å². The number of rotatable bonds is 5. The predicted octanol–water partition coefficient (Wildman–Crippen LogP) is 1.89. The number of carbonyl (C=O) groups excluding carboxylic acids is 1. The highest BCUT2D eigenvalue weighted by atomic mass is 19.4. The molecular weight excluding hydrogens is 438 g/mol. The van der Waals surface area contributed by atoms with E-state index < -0.39 is 60.8 Å². The molecule has 1 amide bonds. The van der Waals surface area contributed by atoms with Crippen LogP contribution in [0.5, 0.6) is 5.75 Å². The second-order valence-corrected chi connectivity index (χ2v) is 7.14. The number of alkyl halides is 4. The Morgan fingerprint density at radius 1 is 1.12 bits per heavy atom. The van der Waals surface area contributed by atoms with Gasteiger partial charge in [0.05, 0.1) is 12.2 Å². The number of amides is 1. The van der Waals surface area contributed by atoms with E-state index in [1.54, 1.807) is 0 Å². The van der Waals surface area contributed by atoms with Crippen LogP contribution in [0.1, 0.15) is 15.9 Å². The van der Waals surface area contributed by atoms with Gasteiger partial charge in [-0.1, -0.05) is 18.2 Å². The average molecular weight is 459 g/mol. The van der Waals surface area contributed by atoms with Crippen molar-refractivity contribution in [3.63, 3.8) is 0 Å². The lowest BCUT2D eigenvalue weighted by Gasteiger charge is -2.38. The lowest BCUT2D eigenvalue weighted by molar-refractivity contribution is -0.262. The number of nitrogens with one attached hydrogen (secondary N) is 1. The number of aliphatic hydroxyl groups is 3. The van der Waals surface area contributed by atoms with E-state index >= 15 is 0 Å². The van der Waals surface area contributed by atoms with Crippen molar-refractivity contribution in [2.45, 2.75) is 36.9 Å². The molecule has 1 fully saturated rings. The van der Waals surface area contributed by atoms with Crippen LogP contribution in [0.2, 0.25) is 0 Å². The zero-order valence-corrected chi connectivity index (χ0v) is 16.7. The van der Waals surface area contributed by atoms with Crippen molar-refractivity contribution in [1.82, 2.24) is 5.32 Å². The van der Waals surface area contributed by atoms with Crippen LogP contribution in [0.15, 0.2) is 42.5 Å². The minimum absolute atomic E-state index is 0.125. The molecule has 0 aliphatic carbocycles. The maximum absolute atomic E-state index is 14.4. The van der Waals surface area contributed by atoms with Gasteiger partial charge in [-0.2, -0.15) is 13.2 Å². The summed E-state index contributed by atoms with van der Waals surface area (Å²) in [5, 5.41) is 31.1. The average Bonchev–Trinajstić information content (AvgIpc) is 2.78. The van der Waals surface area contributed by atoms with Gasteiger partial charge < -0.3 is 30.1 Å². The van der Waals surface area contributed by atoms with E-state index in [1.165, 1.54) is 37.4 Å². The number of aliphatic hydroxyl groups excluding tert-OH is 3. The maximum atomic E-state index is 14.4. The molecule has 11 heteroatoms. The summed E-state index contributed by atoms with van der Waals surface area (Å²) in [5.74, 6) is -1.18. The Balaban J connectivity index is 1.96. The first-order chi connectivity index (χ1) is 15.1. The molecule has 1 aliphatic heterocycles. The molecule has 0 aromatic heterocycles. The van der Waals surface area contributed by atoms with Gasteiger partial charge in [-0.3, -0.25) is 4.79 Å². The first-order valence-corrected chi connectivity index (χ1v) is 9.53. The number of halogens is 4. The molecule has 0 spiro atoms. The highest BCUT2D eigenvalue weighted by Gasteiger charge is 2.47. The normalized spacial score (nSPS) is 25.9.